The zero-order chi connectivity index (χ0) is 23.8. The number of nitrogens with one attached hydrogen (secondary N) is 3. The van der Waals surface area contributed by atoms with E-state index in [2.05, 4.69) is 10.0 Å². The summed E-state index contributed by atoms with van der Waals surface area (Å²) in [6.07, 6.45) is 0. The molecule has 0 unspecified atom stereocenters. The molecule has 3 rings (SSSR count). The molecule has 0 spiro atoms. The van der Waals surface area contributed by atoms with Gasteiger partial charge in [-0.25, -0.2) is 13.2 Å². The first kappa shape index (κ1) is 23.8. The maximum atomic E-state index is 12.9. The van der Waals surface area contributed by atoms with Crippen molar-refractivity contribution in [3.63, 3.8) is 0 Å². The Morgan fingerprint density at radius 1 is 1.06 bits per heavy atom. The summed E-state index contributed by atoms with van der Waals surface area (Å²) in [5.41, 5.74) is 9.17. The molecule has 0 atom stereocenters. The highest BCUT2D eigenvalue weighted by molar-refractivity contribution is 7.73. The van der Waals surface area contributed by atoms with Crippen molar-refractivity contribution in [3.8, 4) is 11.1 Å². The van der Waals surface area contributed by atoms with Crippen molar-refractivity contribution in [1.82, 2.24) is 4.90 Å². The van der Waals surface area contributed by atoms with Crippen molar-refractivity contribution in [3.05, 3.63) is 83.9 Å². The van der Waals surface area contributed by atoms with Crippen LogP contribution in [0.3, 0.4) is 0 Å². The Hall–Kier alpha value is -3.89. The van der Waals surface area contributed by atoms with Crippen LogP contribution in [0.5, 0.6) is 0 Å². The third-order valence-electron chi connectivity index (χ3n) is 4.75. The fourth-order valence-electron chi connectivity index (χ4n) is 3.27. The molecule has 3 aromatic rings. The molecule has 0 heterocycles. The summed E-state index contributed by atoms with van der Waals surface area (Å²) in [5, 5.41) is 10.4. The number of hydrogen-bond donors (Lipinski definition) is 5. The van der Waals surface area contributed by atoms with Gasteiger partial charge in [0.1, 0.15) is 12.6 Å². The quantitative estimate of drug-likeness (QED) is 0.142. The molecule has 5 N–H and O–H groups in total. The van der Waals surface area contributed by atoms with Crippen LogP contribution in [-0.2, 0) is 22.2 Å². The van der Waals surface area contributed by atoms with Crippen LogP contribution in [-0.4, -0.2) is 39.0 Å². The number of methoxy groups -OCH3 is 1. The standard InChI is InChI=1S/C23H25N5O4S/c1-32-15-28(14-16-6-5-9-18(12-16)22(24)25)23(29)26-19-10-11-20(17-7-3-2-4-8-17)21(13-19)27-33(30)31/h2-13,33H,14-15H2,1H3,(H3,24,25)(H,26,29)(H,27,30,31). The number of amidine groups is 1. The Kier molecular flexibility index (Phi) is 8.01. The van der Waals surface area contributed by atoms with Crippen molar-refractivity contribution in [1.29, 1.82) is 5.41 Å². The van der Waals surface area contributed by atoms with E-state index in [1.54, 1.807) is 36.4 Å². The average molecular weight is 468 g/mol. The van der Waals surface area contributed by atoms with Gasteiger partial charge in [0.15, 0.2) is 0 Å². The van der Waals surface area contributed by atoms with Gasteiger partial charge in [-0.3, -0.25) is 15.0 Å². The molecule has 0 radical (unpaired) electrons. The molecule has 0 fully saturated rings. The lowest BCUT2D eigenvalue weighted by Gasteiger charge is -2.23. The third-order valence-corrected chi connectivity index (χ3v) is 5.17. The van der Waals surface area contributed by atoms with Crippen molar-refractivity contribution in [2.75, 3.05) is 23.9 Å². The van der Waals surface area contributed by atoms with E-state index in [4.69, 9.17) is 15.9 Å². The molecule has 0 aliphatic carbocycles. The van der Waals surface area contributed by atoms with Crippen molar-refractivity contribution < 1.29 is 17.9 Å². The lowest BCUT2D eigenvalue weighted by molar-refractivity contribution is 0.0839. The average Bonchev–Trinajstić information content (AvgIpc) is 2.79. The molecule has 33 heavy (non-hydrogen) atoms. The van der Waals surface area contributed by atoms with Gasteiger partial charge in [-0.2, -0.15) is 0 Å². The minimum Gasteiger partial charge on any atom is -0.384 e. The molecule has 10 heteroatoms. The molecule has 3 aromatic carbocycles. The fraction of sp³-hybridized carbons (Fsp3) is 0.130. The van der Waals surface area contributed by atoms with Gasteiger partial charge >= 0.3 is 6.03 Å². The second-order valence-corrected chi connectivity index (χ2v) is 7.89. The van der Waals surface area contributed by atoms with E-state index in [9.17, 15) is 13.2 Å². The number of thiol groups is 1. The largest absolute Gasteiger partial charge is 0.384 e. The summed E-state index contributed by atoms with van der Waals surface area (Å²) in [7, 11) is -1.42. The minimum atomic E-state index is -2.90. The minimum absolute atomic E-state index is 0.0236. The number of nitrogens with two attached hydrogens (primary N) is 1. The molecule has 0 aliphatic heterocycles. The van der Waals surface area contributed by atoms with Crippen LogP contribution in [0, 0.1) is 5.41 Å². The van der Waals surface area contributed by atoms with E-state index in [0.29, 0.717) is 22.5 Å². The van der Waals surface area contributed by atoms with Crippen LogP contribution in [0.15, 0.2) is 72.8 Å². The Balaban J connectivity index is 1.83. The molecular weight excluding hydrogens is 442 g/mol. The van der Waals surface area contributed by atoms with Gasteiger partial charge < -0.3 is 15.8 Å². The number of rotatable bonds is 9. The van der Waals surface area contributed by atoms with Gasteiger partial charge in [0.2, 0.25) is 10.9 Å². The van der Waals surface area contributed by atoms with E-state index in [1.165, 1.54) is 12.0 Å². The first-order valence-corrected chi connectivity index (χ1v) is 11.1. The molecule has 172 valence electrons. The molecule has 0 saturated heterocycles. The number of carbonyl (C=O) groups is 1. The number of hydrogen-bond acceptors (Lipinski definition) is 5. The number of ether oxygens (including phenoxy) is 1. The monoisotopic (exact) mass is 467 g/mol. The summed E-state index contributed by atoms with van der Waals surface area (Å²) in [5.74, 6) is -0.0603. The van der Waals surface area contributed by atoms with Crippen LogP contribution in [0.4, 0.5) is 16.2 Å². The molecule has 0 saturated carbocycles. The predicted octanol–water partition coefficient (Wildman–Crippen LogP) is 3.21. The summed E-state index contributed by atoms with van der Waals surface area (Å²) < 4.78 is 30.3. The molecule has 0 aromatic heterocycles. The first-order chi connectivity index (χ1) is 15.9. The van der Waals surface area contributed by atoms with Crippen molar-refractivity contribution >= 4 is 34.1 Å². The van der Waals surface area contributed by atoms with E-state index in [1.807, 2.05) is 36.4 Å². The Bertz CT molecular complexity index is 1210. The van der Waals surface area contributed by atoms with Gasteiger partial charge in [0, 0.05) is 30.5 Å². The van der Waals surface area contributed by atoms with Crippen LogP contribution in [0.1, 0.15) is 11.1 Å². The number of nitrogen functional groups attached to an aromatic ring is 1. The fourth-order valence-corrected chi connectivity index (χ4v) is 3.66. The Morgan fingerprint density at radius 2 is 1.82 bits per heavy atom. The summed E-state index contributed by atoms with van der Waals surface area (Å²) >= 11 is 0. The van der Waals surface area contributed by atoms with Gasteiger partial charge in [0.05, 0.1) is 5.69 Å². The van der Waals surface area contributed by atoms with E-state index in [-0.39, 0.29) is 19.1 Å². The number of amides is 2. The van der Waals surface area contributed by atoms with Gasteiger partial charge in [-0.1, -0.05) is 54.6 Å². The topological polar surface area (TPSA) is 138 Å². The first-order valence-electron chi connectivity index (χ1n) is 9.96. The molecular formula is C23H25N5O4S. The summed E-state index contributed by atoms with van der Waals surface area (Å²) in [6.45, 7) is 0.246. The predicted molar refractivity (Wildman–Crippen MR) is 130 cm³/mol. The summed E-state index contributed by atoms with van der Waals surface area (Å²) in [6, 6.07) is 20.9. The highest BCUT2D eigenvalue weighted by Gasteiger charge is 2.16. The van der Waals surface area contributed by atoms with Crippen LogP contribution in [0.25, 0.3) is 11.1 Å². The van der Waals surface area contributed by atoms with Crippen LogP contribution in [0.2, 0.25) is 0 Å². The third kappa shape index (κ3) is 6.55. The lowest BCUT2D eigenvalue weighted by Crippen LogP contribution is -2.36. The molecule has 2 amide bonds. The maximum Gasteiger partial charge on any atom is 0.323 e. The van der Waals surface area contributed by atoms with Crippen LogP contribution < -0.4 is 15.8 Å². The number of anilines is 2. The van der Waals surface area contributed by atoms with E-state index >= 15 is 0 Å². The van der Waals surface area contributed by atoms with Gasteiger partial charge in [0.25, 0.3) is 0 Å². The normalized spacial score (nSPS) is 10.6. The Labute approximate surface area is 193 Å². The number of nitrogens with zero attached hydrogens (tertiary/aromatic N) is 1. The smallest absolute Gasteiger partial charge is 0.323 e. The second kappa shape index (κ2) is 11.1. The molecule has 0 aliphatic rings. The van der Waals surface area contributed by atoms with Crippen LogP contribution >= 0.6 is 0 Å². The molecule has 9 nitrogen and oxygen atoms in total. The van der Waals surface area contributed by atoms with Crippen molar-refractivity contribution in [2.24, 2.45) is 5.73 Å². The summed E-state index contributed by atoms with van der Waals surface area (Å²) in [4.78, 5) is 14.4. The highest BCUT2D eigenvalue weighted by Crippen LogP contribution is 2.31. The Morgan fingerprint density at radius 3 is 2.48 bits per heavy atom. The molecule has 0 bridgehead atoms. The van der Waals surface area contributed by atoms with Gasteiger partial charge in [-0.15, -0.1) is 0 Å². The number of carbonyl (C=O) groups excluding carboxylic acids is 1. The highest BCUT2D eigenvalue weighted by atomic mass is 32.2. The lowest BCUT2D eigenvalue weighted by atomic mass is 10.0. The second-order valence-electron chi connectivity index (χ2n) is 7.16. The zero-order valence-corrected chi connectivity index (χ0v) is 18.8. The van der Waals surface area contributed by atoms with E-state index in [0.717, 1.165) is 11.1 Å². The number of benzene rings is 3. The van der Waals surface area contributed by atoms with Gasteiger partial charge in [-0.05, 0) is 29.3 Å². The van der Waals surface area contributed by atoms with Crippen molar-refractivity contribution in [2.45, 2.75) is 6.54 Å². The number of urea groups is 1. The zero-order valence-electron chi connectivity index (χ0n) is 17.9. The van der Waals surface area contributed by atoms with E-state index < -0.39 is 16.9 Å². The SMILES string of the molecule is COCN(Cc1cccc(C(=N)N)c1)C(=O)Nc1ccc(-c2ccccc2)c(N[SH](=O)=O)c1. The maximum absolute atomic E-state index is 12.9.